The molecule has 0 heterocycles. The lowest BCUT2D eigenvalue weighted by Gasteiger charge is -2.18. The van der Waals surface area contributed by atoms with Crippen LogP contribution in [0.1, 0.15) is 25.3 Å². The first kappa shape index (κ1) is 17.9. The minimum absolute atomic E-state index is 0.479. The second kappa shape index (κ2) is 9.76. The molecule has 0 fully saturated rings. The smallest absolute Gasteiger partial charge is 0.344 e. The first-order chi connectivity index (χ1) is 10.1. The van der Waals surface area contributed by atoms with Gasteiger partial charge < -0.3 is 19.9 Å². The fourth-order valence-corrected chi connectivity index (χ4v) is 2.36. The van der Waals surface area contributed by atoms with Gasteiger partial charge in [-0.25, -0.2) is 4.79 Å². The van der Waals surface area contributed by atoms with Crippen molar-refractivity contribution in [2.75, 3.05) is 20.3 Å². The van der Waals surface area contributed by atoms with E-state index in [-0.39, 0.29) is 0 Å². The molecule has 1 aromatic rings. The van der Waals surface area contributed by atoms with E-state index in [1.165, 1.54) is 0 Å². The zero-order chi connectivity index (χ0) is 15.7. The summed E-state index contributed by atoms with van der Waals surface area (Å²) in [6.45, 7) is 3.88. The van der Waals surface area contributed by atoms with Crippen molar-refractivity contribution < 1.29 is 19.4 Å². The molecule has 2 N–H and O–H groups in total. The van der Waals surface area contributed by atoms with E-state index >= 15 is 0 Å². The van der Waals surface area contributed by atoms with Gasteiger partial charge in [0.05, 0.1) is 11.1 Å². The molecule has 0 saturated carbocycles. The van der Waals surface area contributed by atoms with Crippen molar-refractivity contribution in [2.45, 2.75) is 32.4 Å². The third-order valence-electron chi connectivity index (χ3n) is 2.93. The van der Waals surface area contributed by atoms with Crippen molar-refractivity contribution in [2.24, 2.45) is 0 Å². The molecule has 0 aliphatic rings. The lowest BCUT2D eigenvalue weighted by atomic mass is 10.1. The van der Waals surface area contributed by atoms with E-state index in [4.69, 9.17) is 9.47 Å². The average molecular weight is 360 g/mol. The van der Waals surface area contributed by atoms with E-state index in [1.807, 2.05) is 25.1 Å². The van der Waals surface area contributed by atoms with Crippen LogP contribution in [0.15, 0.2) is 22.7 Å². The van der Waals surface area contributed by atoms with E-state index in [0.717, 1.165) is 23.0 Å². The van der Waals surface area contributed by atoms with Gasteiger partial charge in [-0.1, -0.05) is 25.5 Å². The summed E-state index contributed by atoms with van der Waals surface area (Å²) in [5, 5.41) is 12.5. The Kier molecular flexibility index (Phi) is 8.34. The number of ether oxygens (including phenoxy) is 2. The highest BCUT2D eigenvalue weighted by Crippen LogP contribution is 2.30. The lowest BCUT2D eigenvalue weighted by molar-refractivity contribution is -0.145. The summed E-state index contributed by atoms with van der Waals surface area (Å²) in [7, 11) is 1.65. The maximum atomic E-state index is 11.2. The number of hydrogen-bond acceptors (Lipinski definition) is 4. The van der Waals surface area contributed by atoms with Crippen LogP contribution in [0.2, 0.25) is 0 Å². The van der Waals surface area contributed by atoms with Gasteiger partial charge in [0.2, 0.25) is 0 Å². The molecule has 1 atom stereocenters. The summed E-state index contributed by atoms with van der Waals surface area (Å²) in [4.78, 5) is 11.2. The van der Waals surface area contributed by atoms with E-state index in [2.05, 4.69) is 21.2 Å². The molecule has 21 heavy (non-hydrogen) atoms. The molecule has 0 aliphatic heterocycles. The first-order valence-corrected chi connectivity index (χ1v) is 7.76. The maximum Gasteiger partial charge on any atom is 0.344 e. The third kappa shape index (κ3) is 6.03. The Morgan fingerprint density at radius 1 is 1.48 bits per heavy atom. The minimum atomic E-state index is -0.939. The van der Waals surface area contributed by atoms with Gasteiger partial charge in [-0.2, -0.15) is 0 Å². The van der Waals surface area contributed by atoms with Crippen molar-refractivity contribution in [3.63, 3.8) is 0 Å². The highest BCUT2D eigenvalue weighted by molar-refractivity contribution is 9.10. The van der Waals surface area contributed by atoms with Crippen molar-refractivity contribution >= 4 is 21.9 Å². The largest absolute Gasteiger partial charge is 0.479 e. The van der Waals surface area contributed by atoms with Gasteiger partial charge in [-0.15, -0.1) is 0 Å². The molecule has 5 nitrogen and oxygen atoms in total. The molecule has 118 valence electrons. The van der Waals surface area contributed by atoms with Gasteiger partial charge in [-0.05, 0) is 28.4 Å². The number of carbonyl (C=O) groups is 1. The summed E-state index contributed by atoms with van der Waals surface area (Å²) in [5.74, 6) is -0.353. The van der Waals surface area contributed by atoms with Crippen LogP contribution in [0.5, 0.6) is 5.75 Å². The number of aliphatic carboxylic acids is 1. The molecule has 0 saturated heterocycles. The van der Waals surface area contributed by atoms with E-state index in [1.54, 1.807) is 7.11 Å². The van der Waals surface area contributed by atoms with Crippen LogP contribution >= 0.6 is 15.9 Å². The van der Waals surface area contributed by atoms with Crippen LogP contribution in [0, 0.1) is 0 Å². The number of carboxylic acids is 1. The van der Waals surface area contributed by atoms with Crippen LogP contribution in [-0.4, -0.2) is 37.4 Å². The first-order valence-electron chi connectivity index (χ1n) is 6.96. The van der Waals surface area contributed by atoms with Crippen molar-refractivity contribution in [3.8, 4) is 5.75 Å². The number of halogens is 1. The second-order valence-corrected chi connectivity index (χ2v) is 5.49. The summed E-state index contributed by atoms with van der Waals surface area (Å²) >= 11 is 3.43. The highest BCUT2D eigenvalue weighted by atomic mass is 79.9. The van der Waals surface area contributed by atoms with Crippen molar-refractivity contribution in [1.29, 1.82) is 0 Å². The Morgan fingerprint density at radius 2 is 2.24 bits per heavy atom. The number of hydrogen-bond donors (Lipinski definition) is 2. The molecule has 6 heteroatoms. The Bertz CT molecular complexity index is 453. The zero-order valence-corrected chi connectivity index (χ0v) is 14.0. The van der Waals surface area contributed by atoms with Crippen LogP contribution < -0.4 is 10.1 Å². The molecule has 0 spiro atoms. The maximum absolute atomic E-state index is 11.2. The molecule has 0 aromatic heterocycles. The monoisotopic (exact) mass is 359 g/mol. The standard InChI is InChI=1S/C15H22BrNO4/c1-3-5-13(15(18)19)21-14-11(6-4-7-12(14)16)10-17-8-9-20-2/h4,6-7,13,17H,3,5,8-10H2,1-2H3,(H,18,19). The fourth-order valence-electron chi connectivity index (χ4n) is 1.86. The number of nitrogens with one attached hydrogen (secondary N) is 1. The quantitative estimate of drug-likeness (QED) is 0.628. The molecule has 0 radical (unpaired) electrons. The zero-order valence-electron chi connectivity index (χ0n) is 12.4. The van der Waals surface area contributed by atoms with E-state index in [0.29, 0.717) is 25.3 Å². The molecule has 0 aliphatic carbocycles. The molecular formula is C15H22BrNO4. The van der Waals surface area contributed by atoms with Crippen LogP contribution in [0.3, 0.4) is 0 Å². The average Bonchev–Trinajstić information content (AvgIpc) is 2.45. The minimum Gasteiger partial charge on any atom is -0.479 e. The molecule has 1 rings (SSSR count). The van der Waals surface area contributed by atoms with Crippen molar-refractivity contribution in [1.82, 2.24) is 5.32 Å². The Morgan fingerprint density at radius 3 is 2.86 bits per heavy atom. The topological polar surface area (TPSA) is 67.8 Å². The molecular weight excluding hydrogens is 338 g/mol. The number of para-hydroxylation sites is 1. The SMILES string of the molecule is CCCC(Oc1c(Br)cccc1CNCCOC)C(=O)O. The molecule has 1 unspecified atom stereocenters. The van der Waals surface area contributed by atoms with Gasteiger partial charge >= 0.3 is 5.97 Å². The number of benzene rings is 1. The molecule has 0 amide bonds. The predicted octanol–water partition coefficient (Wildman–Crippen LogP) is 2.82. The second-order valence-electron chi connectivity index (χ2n) is 4.63. The summed E-state index contributed by atoms with van der Waals surface area (Å²) in [6.07, 6.45) is 0.405. The number of methoxy groups -OCH3 is 1. The fraction of sp³-hybridized carbons (Fsp3) is 0.533. The van der Waals surface area contributed by atoms with Crippen LogP contribution in [0.4, 0.5) is 0 Å². The highest BCUT2D eigenvalue weighted by Gasteiger charge is 2.21. The van der Waals surface area contributed by atoms with Crippen LogP contribution in [0.25, 0.3) is 0 Å². The van der Waals surface area contributed by atoms with Crippen LogP contribution in [-0.2, 0) is 16.1 Å². The molecule has 1 aromatic carbocycles. The Balaban J connectivity index is 2.80. The normalized spacial score (nSPS) is 12.1. The Hall–Kier alpha value is -1.11. The summed E-state index contributed by atoms with van der Waals surface area (Å²) < 4.78 is 11.5. The van der Waals surface area contributed by atoms with E-state index < -0.39 is 12.1 Å². The van der Waals surface area contributed by atoms with Gasteiger partial charge in [0.15, 0.2) is 6.10 Å². The number of rotatable bonds is 10. The van der Waals surface area contributed by atoms with Gasteiger partial charge in [0, 0.05) is 25.8 Å². The van der Waals surface area contributed by atoms with Crippen molar-refractivity contribution in [3.05, 3.63) is 28.2 Å². The van der Waals surface area contributed by atoms with E-state index in [9.17, 15) is 9.90 Å². The van der Waals surface area contributed by atoms with Gasteiger partial charge in [-0.3, -0.25) is 0 Å². The predicted molar refractivity (Wildman–Crippen MR) is 84.7 cm³/mol. The number of carboxylic acid groups (broad SMARTS) is 1. The summed E-state index contributed by atoms with van der Waals surface area (Å²) in [6, 6.07) is 5.67. The third-order valence-corrected chi connectivity index (χ3v) is 3.56. The molecule has 0 bridgehead atoms. The lowest BCUT2D eigenvalue weighted by Crippen LogP contribution is -2.28. The van der Waals surface area contributed by atoms with Gasteiger partial charge in [0.25, 0.3) is 0 Å². The Labute approximate surface area is 133 Å². The van der Waals surface area contributed by atoms with Gasteiger partial charge in [0.1, 0.15) is 5.75 Å². The summed E-state index contributed by atoms with van der Waals surface area (Å²) in [5.41, 5.74) is 0.919.